The third kappa shape index (κ3) is 2.29. The van der Waals surface area contributed by atoms with Crippen molar-refractivity contribution in [1.82, 2.24) is 0 Å². The van der Waals surface area contributed by atoms with Gasteiger partial charge in [0.05, 0.1) is 5.41 Å². The monoisotopic (exact) mass is 246 g/mol. The molecule has 2 nitrogen and oxygen atoms in total. The Morgan fingerprint density at radius 3 is 2.89 bits per heavy atom. The van der Waals surface area contributed by atoms with Gasteiger partial charge < -0.3 is 4.74 Å². The highest BCUT2D eigenvalue weighted by atomic mass is 16.5. The van der Waals surface area contributed by atoms with Crippen molar-refractivity contribution in [3.8, 4) is 0 Å². The number of ether oxygens (including phenoxy) is 1. The molecule has 0 aromatic rings. The first-order valence-electron chi connectivity index (χ1n) is 6.56. The van der Waals surface area contributed by atoms with Crippen LogP contribution in [0.2, 0.25) is 0 Å². The lowest BCUT2D eigenvalue weighted by Crippen LogP contribution is -2.33. The molecule has 2 heteroatoms. The van der Waals surface area contributed by atoms with E-state index in [0.717, 1.165) is 12.8 Å². The van der Waals surface area contributed by atoms with Crippen molar-refractivity contribution in [3.63, 3.8) is 0 Å². The summed E-state index contributed by atoms with van der Waals surface area (Å²) in [7, 11) is 0. The van der Waals surface area contributed by atoms with E-state index in [0.29, 0.717) is 12.5 Å². The predicted octanol–water partition coefficient (Wildman–Crippen LogP) is 3.65. The van der Waals surface area contributed by atoms with Gasteiger partial charge in [0.1, 0.15) is 6.61 Å². The first-order valence-corrected chi connectivity index (χ1v) is 6.56. The third-order valence-corrected chi connectivity index (χ3v) is 3.90. The zero-order chi connectivity index (χ0) is 13.4. The molecule has 0 bridgehead atoms. The molecule has 0 N–H and O–H groups in total. The fourth-order valence-electron chi connectivity index (χ4n) is 2.67. The molecular formula is C16H22O2. The topological polar surface area (TPSA) is 26.3 Å². The van der Waals surface area contributed by atoms with E-state index >= 15 is 0 Å². The molecule has 0 saturated heterocycles. The number of carbonyl (C=O) groups is 1. The molecule has 0 spiro atoms. The first kappa shape index (κ1) is 13.1. The molecule has 0 aliphatic heterocycles. The highest BCUT2D eigenvalue weighted by Gasteiger charge is 2.44. The minimum atomic E-state index is -0.435. The van der Waals surface area contributed by atoms with Crippen LogP contribution in [-0.4, -0.2) is 12.6 Å². The van der Waals surface area contributed by atoms with E-state index in [2.05, 4.69) is 30.9 Å². The molecule has 0 radical (unpaired) electrons. The molecule has 2 aliphatic carbocycles. The van der Waals surface area contributed by atoms with Crippen LogP contribution in [0.4, 0.5) is 0 Å². The van der Waals surface area contributed by atoms with Crippen LogP contribution in [0, 0.1) is 16.7 Å². The van der Waals surface area contributed by atoms with E-state index in [9.17, 15) is 4.79 Å². The van der Waals surface area contributed by atoms with Crippen molar-refractivity contribution < 1.29 is 9.53 Å². The molecular weight excluding hydrogens is 224 g/mol. The maximum Gasteiger partial charge on any atom is 0.311 e. The van der Waals surface area contributed by atoms with Gasteiger partial charge in [-0.2, -0.15) is 0 Å². The Hall–Kier alpha value is -1.31. The van der Waals surface area contributed by atoms with Crippen LogP contribution in [0.25, 0.3) is 0 Å². The van der Waals surface area contributed by atoms with Gasteiger partial charge in [-0.05, 0) is 33.6 Å². The van der Waals surface area contributed by atoms with Crippen molar-refractivity contribution in [2.24, 2.45) is 16.7 Å². The average Bonchev–Trinajstić information content (AvgIpc) is 2.64. The van der Waals surface area contributed by atoms with E-state index in [4.69, 9.17) is 4.74 Å². The van der Waals surface area contributed by atoms with Gasteiger partial charge in [-0.15, -0.1) is 0 Å². The lowest BCUT2D eigenvalue weighted by Gasteiger charge is -2.33. The average molecular weight is 246 g/mol. The molecule has 2 aliphatic rings. The van der Waals surface area contributed by atoms with Crippen molar-refractivity contribution in [1.29, 1.82) is 0 Å². The van der Waals surface area contributed by atoms with Gasteiger partial charge in [0.15, 0.2) is 0 Å². The Morgan fingerprint density at radius 1 is 1.50 bits per heavy atom. The second-order valence-corrected chi connectivity index (χ2v) is 6.44. The minimum Gasteiger partial charge on any atom is -0.464 e. The summed E-state index contributed by atoms with van der Waals surface area (Å²) in [4.78, 5) is 11.9. The maximum absolute atomic E-state index is 11.9. The number of rotatable bonds is 2. The molecule has 1 saturated carbocycles. The van der Waals surface area contributed by atoms with Gasteiger partial charge >= 0.3 is 5.97 Å². The van der Waals surface area contributed by atoms with Gasteiger partial charge in [-0.3, -0.25) is 4.79 Å². The lowest BCUT2D eigenvalue weighted by molar-refractivity contribution is -0.156. The zero-order valence-corrected chi connectivity index (χ0v) is 11.5. The zero-order valence-electron chi connectivity index (χ0n) is 11.5. The second kappa shape index (κ2) is 4.42. The number of allylic oxidation sites excluding steroid dienone is 4. The summed E-state index contributed by atoms with van der Waals surface area (Å²) in [5, 5.41) is 0. The van der Waals surface area contributed by atoms with Crippen molar-refractivity contribution >= 4 is 5.97 Å². The van der Waals surface area contributed by atoms with Crippen LogP contribution in [0.1, 0.15) is 33.6 Å². The van der Waals surface area contributed by atoms with Gasteiger partial charge in [-0.25, -0.2) is 0 Å². The SMILES string of the molecule is C=C1CC[C@]2(COC(=O)C(C)(C)C)C=CC=C[C@H]12. The van der Waals surface area contributed by atoms with E-state index in [-0.39, 0.29) is 11.4 Å². The van der Waals surface area contributed by atoms with Gasteiger partial charge in [0, 0.05) is 11.3 Å². The number of hydrogen-bond donors (Lipinski definition) is 0. The quantitative estimate of drug-likeness (QED) is 0.549. The van der Waals surface area contributed by atoms with Gasteiger partial charge in [0.2, 0.25) is 0 Å². The largest absolute Gasteiger partial charge is 0.464 e. The number of carbonyl (C=O) groups excluding carboxylic acids is 1. The van der Waals surface area contributed by atoms with Crippen LogP contribution in [-0.2, 0) is 9.53 Å². The summed E-state index contributed by atoms with van der Waals surface area (Å²) in [6.07, 6.45) is 10.5. The van der Waals surface area contributed by atoms with Crippen molar-refractivity contribution in [3.05, 3.63) is 36.5 Å². The molecule has 18 heavy (non-hydrogen) atoms. The van der Waals surface area contributed by atoms with Gasteiger partial charge in [-0.1, -0.05) is 36.5 Å². The summed E-state index contributed by atoms with van der Waals surface area (Å²) in [5.74, 6) is 0.200. The molecule has 0 aromatic carbocycles. The fraction of sp³-hybridized carbons (Fsp3) is 0.562. The Morgan fingerprint density at radius 2 is 2.22 bits per heavy atom. The minimum absolute atomic E-state index is 0.0489. The molecule has 2 rings (SSSR count). The summed E-state index contributed by atoms with van der Waals surface area (Å²) in [6.45, 7) is 10.3. The number of hydrogen-bond acceptors (Lipinski definition) is 2. The third-order valence-electron chi connectivity index (χ3n) is 3.90. The summed E-state index contributed by atoms with van der Waals surface area (Å²) in [5.41, 5.74) is 0.769. The van der Waals surface area contributed by atoms with Crippen LogP contribution >= 0.6 is 0 Å². The van der Waals surface area contributed by atoms with Crippen LogP contribution in [0.15, 0.2) is 36.5 Å². The van der Waals surface area contributed by atoms with Crippen molar-refractivity contribution in [2.45, 2.75) is 33.6 Å². The fourth-order valence-corrected chi connectivity index (χ4v) is 2.67. The van der Waals surface area contributed by atoms with Gasteiger partial charge in [0.25, 0.3) is 0 Å². The van der Waals surface area contributed by atoms with Crippen molar-refractivity contribution in [2.75, 3.05) is 6.61 Å². The lowest BCUT2D eigenvalue weighted by atomic mass is 9.75. The second-order valence-electron chi connectivity index (χ2n) is 6.44. The predicted molar refractivity (Wildman–Crippen MR) is 73.0 cm³/mol. The maximum atomic E-state index is 11.9. The van der Waals surface area contributed by atoms with E-state index in [1.54, 1.807) is 0 Å². The normalized spacial score (nSPS) is 30.4. The molecule has 0 aromatic heterocycles. The van der Waals surface area contributed by atoms with E-state index in [1.165, 1.54) is 5.57 Å². The summed E-state index contributed by atoms with van der Waals surface area (Å²) >= 11 is 0. The Labute approximate surface area is 109 Å². The Balaban J connectivity index is 2.08. The smallest absolute Gasteiger partial charge is 0.311 e. The van der Waals surface area contributed by atoms with E-state index < -0.39 is 5.41 Å². The standard InChI is InChI=1S/C16H22O2/c1-12-8-10-16(9-6-5-7-13(12)16)11-18-14(17)15(2,3)4/h5-7,9,13H,1,8,10-11H2,2-4H3/t13-,16+/m1/s1. The van der Waals surface area contributed by atoms with Crippen LogP contribution in [0.5, 0.6) is 0 Å². The highest BCUT2D eigenvalue weighted by molar-refractivity contribution is 5.75. The number of esters is 1. The Kier molecular flexibility index (Phi) is 3.22. The van der Waals surface area contributed by atoms with Crippen LogP contribution < -0.4 is 0 Å². The summed E-state index contributed by atoms with van der Waals surface area (Å²) < 4.78 is 5.53. The highest BCUT2D eigenvalue weighted by Crippen LogP contribution is 2.49. The Bertz CT molecular complexity index is 423. The number of fused-ring (bicyclic) bond motifs is 1. The molecule has 0 amide bonds. The molecule has 2 atom stereocenters. The molecule has 1 fully saturated rings. The van der Waals surface area contributed by atoms with E-state index in [1.807, 2.05) is 20.8 Å². The molecule has 98 valence electrons. The summed E-state index contributed by atoms with van der Waals surface area (Å²) in [6, 6.07) is 0. The molecule has 0 heterocycles. The van der Waals surface area contributed by atoms with Crippen LogP contribution in [0.3, 0.4) is 0 Å². The molecule has 0 unspecified atom stereocenters. The first-order chi connectivity index (χ1) is 8.35.